The van der Waals surface area contributed by atoms with Crippen LogP contribution in [0.25, 0.3) is 6.08 Å². The smallest absolute Gasteiger partial charge is 0.338 e. The number of benzene rings is 1. The first-order valence-electron chi connectivity index (χ1n) is 5.10. The highest BCUT2D eigenvalue weighted by Crippen LogP contribution is 2.08. The van der Waals surface area contributed by atoms with Crippen LogP contribution in [0.2, 0.25) is 0 Å². The zero-order valence-electron chi connectivity index (χ0n) is 9.19. The Bertz CT molecular complexity index is 338. The molecule has 1 atom stereocenters. The molecule has 2 heteroatoms. The minimum Gasteiger partial charge on any atom is -0.459 e. The predicted molar refractivity (Wildman–Crippen MR) is 61.7 cm³/mol. The van der Waals surface area contributed by atoms with Crippen molar-refractivity contribution >= 4 is 12.0 Å². The first kappa shape index (κ1) is 11.5. The van der Waals surface area contributed by atoms with Crippen molar-refractivity contribution in [3.05, 3.63) is 42.0 Å². The maximum Gasteiger partial charge on any atom is 0.338 e. The minimum absolute atomic E-state index is 0.0309. The Balaban J connectivity index is 2.70. The third kappa shape index (κ3) is 3.24. The summed E-state index contributed by atoms with van der Waals surface area (Å²) in [5.74, 6) is -0.264. The lowest BCUT2D eigenvalue weighted by Crippen LogP contribution is -2.13. The Hall–Kier alpha value is -1.57. The van der Waals surface area contributed by atoms with E-state index < -0.39 is 0 Å². The molecule has 1 aromatic carbocycles. The number of rotatable bonds is 4. The van der Waals surface area contributed by atoms with Crippen LogP contribution in [0, 0.1) is 0 Å². The Morgan fingerprint density at radius 3 is 2.53 bits per heavy atom. The zero-order valence-corrected chi connectivity index (χ0v) is 9.19. The highest BCUT2D eigenvalue weighted by molar-refractivity contribution is 5.89. The van der Waals surface area contributed by atoms with Gasteiger partial charge >= 0.3 is 5.97 Å². The van der Waals surface area contributed by atoms with E-state index in [1.54, 1.807) is 18.2 Å². The summed E-state index contributed by atoms with van der Waals surface area (Å²) in [6, 6.07) is 7.20. The van der Waals surface area contributed by atoms with E-state index in [4.69, 9.17) is 4.74 Å². The van der Waals surface area contributed by atoms with Crippen molar-refractivity contribution in [2.45, 2.75) is 26.4 Å². The predicted octanol–water partition coefficient (Wildman–Crippen LogP) is 3.28. The SMILES string of the molecule is C=Cc1ccc(C(=O)O[C@H](C)CC)cc1. The highest BCUT2D eigenvalue weighted by atomic mass is 16.5. The largest absolute Gasteiger partial charge is 0.459 e. The van der Waals surface area contributed by atoms with Crippen LogP contribution in [-0.4, -0.2) is 12.1 Å². The molecule has 1 rings (SSSR count). The fraction of sp³-hybridized carbons (Fsp3) is 0.308. The van der Waals surface area contributed by atoms with Crippen LogP contribution in [0.3, 0.4) is 0 Å². The van der Waals surface area contributed by atoms with Crippen molar-refractivity contribution in [2.75, 3.05) is 0 Å². The van der Waals surface area contributed by atoms with Crippen molar-refractivity contribution in [3.63, 3.8) is 0 Å². The molecule has 2 nitrogen and oxygen atoms in total. The van der Waals surface area contributed by atoms with Gasteiger partial charge in [0.15, 0.2) is 0 Å². The lowest BCUT2D eigenvalue weighted by Gasteiger charge is -2.10. The highest BCUT2D eigenvalue weighted by Gasteiger charge is 2.09. The number of carbonyl (C=O) groups is 1. The average molecular weight is 204 g/mol. The van der Waals surface area contributed by atoms with Gasteiger partial charge in [-0.3, -0.25) is 0 Å². The van der Waals surface area contributed by atoms with E-state index in [1.165, 1.54) is 0 Å². The van der Waals surface area contributed by atoms with E-state index in [1.807, 2.05) is 26.0 Å². The van der Waals surface area contributed by atoms with Gasteiger partial charge < -0.3 is 4.74 Å². The van der Waals surface area contributed by atoms with E-state index >= 15 is 0 Å². The molecule has 15 heavy (non-hydrogen) atoms. The number of hydrogen-bond donors (Lipinski definition) is 0. The molecule has 0 aliphatic heterocycles. The lowest BCUT2D eigenvalue weighted by atomic mass is 10.1. The van der Waals surface area contributed by atoms with Crippen LogP contribution in [-0.2, 0) is 4.74 Å². The molecule has 0 saturated carbocycles. The first-order valence-corrected chi connectivity index (χ1v) is 5.10. The van der Waals surface area contributed by atoms with Crippen molar-refractivity contribution in [1.29, 1.82) is 0 Å². The summed E-state index contributed by atoms with van der Waals surface area (Å²) in [5.41, 5.74) is 1.58. The Kier molecular flexibility index (Phi) is 4.10. The van der Waals surface area contributed by atoms with Gasteiger partial charge in [0.2, 0.25) is 0 Å². The second-order valence-corrected chi connectivity index (χ2v) is 3.45. The lowest BCUT2D eigenvalue weighted by molar-refractivity contribution is 0.0334. The average Bonchev–Trinajstić information content (AvgIpc) is 2.29. The second kappa shape index (κ2) is 5.35. The van der Waals surface area contributed by atoms with E-state index in [9.17, 15) is 4.79 Å². The topological polar surface area (TPSA) is 26.3 Å². The zero-order chi connectivity index (χ0) is 11.3. The van der Waals surface area contributed by atoms with E-state index in [-0.39, 0.29) is 12.1 Å². The standard InChI is InChI=1S/C13H16O2/c1-4-10(3)15-13(14)12-8-6-11(5-2)7-9-12/h5-10H,2,4H2,1,3H3/t10-/m1/s1. The third-order valence-corrected chi connectivity index (χ3v) is 2.27. The van der Waals surface area contributed by atoms with Gasteiger partial charge in [0.1, 0.15) is 0 Å². The number of esters is 1. The summed E-state index contributed by atoms with van der Waals surface area (Å²) < 4.78 is 5.19. The summed E-state index contributed by atoms with van der Waals surface area (Å²) in [6.07, 6.45) is 2.54. The summed E-state index contributed by atoms with van der Waals surface area (Å²) in [6.45, 7) is 7.52. The maximum atomic E-state index is 11.6. The van der Waals surface area contributed by atoms with Crippen LogP contribution >= 0.6 is 0 Å². The number of carbonyl (C=O) groups excluding carboxylic acids is 1. The molecule has 0 fully saturated rings. The third-order valence-electron chi connectivity index (χ3n) is 2.27. The number of hydrogen-bond acceptors (Lipinski definition) is 2. The molecule has 0 saturated heterocycles. The fourth-order valence-corrected chi connectivity index (χ4v) is 1.09. The van der Waals surface area contributed by atoms with Crippen LogP contribution in [0.1, 0.15) is 36.2 Å². The summed E-state index contributed by atoms with van der Waals surface area (Å²) in [4.78, 5) is 11.6. The molecule has 0 aromatic heterocycles. The molecular weight excluding hydrogens is 188 g/mol. The van der Waals surface area contributed by atoms with E-state index in [2.05, 4.69) is 6.58 Å². The molecule has 0 spiro atoms. The van der Waals surface area contributed by atoms with Gasteiger partial charge in [0.05, 0.1) is 11.7 Å². The molecule has 0 heterocycles. The molecule has 0 aliphatic rings. The molecule has 0 radical (unpaired) electrons. The summed E-state index contributed by atoms with van der Waals surface area (Å²) >= 11 is 0. The minimum atomic E-state index is -0.264. The Morgan fingerprint density at radius 2 is 2.07 bits per heavy atom. The van der Waals surface area contributed by atoms with Crippen molar-refractivity contribution in [2.24, 2.45) is 0 Å². The van der Waals surface area contributed by atoms with Gasteiger partial charge in [-0.15, -0.1) is 0 Å². The van der Waals surface area contributed by atoms with Crippen LogP contribution in [0.15, 0.2) is 30.8 Å². The molecular formula is C13H16O2. The molecule has 0 unspecified atom stereocenters. The van der Waals surface area contributed by atoms with Gasteiger partial charge in [0.25, 0.3) is 0 Å². The normalized spacial score (nSPS) is 11.9. The van der Waals surface area contributed by atoms with Gasteiger partial charge in [-0.05, 0) is 31.0 Å². The molecule has 0 amide bonds. The summed E-state index contributed by atoms with van der Waals surface area (Å²) in [7, 11) is 0. The van der Waals surface area contributed by atoms with Gasteiger partial charge in [0, 0.05) is 0 Å². The van der Waals surface area contributed by atoms with Gasteiger partial charge in [-0.1, -0.05) is 31.7 Å². The quantitative estimate of drug-likeness (QED) is 0.703. The second-order valence-electron chi connectivity index (χ2n) is 3.45. The monoisotopic (exact) mass is 204 g/mol. The van der Waals surface area contributed by atoms with Crippen molar-refractivity contribution in [3.8, 4) is 0 Å². The maximum absolute atomic E-state index is 11.6. The first-order chi connectivity index (χ1) is 7.17. The van der Waals surface area contributed by atoms with Crippen molar-refractivity contribution < 1.29 is 9.53 Å². The Labute approximate surface area is 90.6 Å². The fourth-order valence-electron chi connectivity index (χ4n) is 1.09. The van der Waals surface area contributed by atoms with Crippen LogP contribution in [0.4, 0.5) is 0 Å². The molecule has 1 aromatic rings. The van der Waals surface area contributed by atoms with E-state index in [0.29, 0.717) is 5.56 Å². The molecule has 0 aliphatic carbocycles. The van der Waals surface area contributed by atoms with Gasteiger partial charge in [-0.25, -0.2) is 4.79 Å². The van der Waals surface area contributed by atoms with Gasteiger partial charge in [-0.2, -0.15) is 0 Å². The van der Waals surface area contributed by atoms with Crippen LogP contribution in [0.5, 0.6) is 0 Å². The Morgan fingerprint density at radius 1 is 1.47 bits per heavy atom. The van der Waals surface area contributed by atoms with E-state index in [0.717, 1.165) is 12.0 Å². The van der Waals surface area contributed by atoms with Crippen LogP contribution < -0.4 is 0 Å². The molecule has 80 valence electrons. The molecule has 0 bridgehead atoms. The number of ether oxygens (including phenoxy) is 1. The van der Waals surface area contributed by atoms with Crippen molar-refractivity contribution in [1.82, 2.24) is 0 Å². The summed E-state index contributed by atoms with van der Waals surface area (Å²) in [5, 5.41) is 0. The molecule has 0 N–H and O–H groups in total.